The van der Waals surface area contributed by atoms with Gasteiger partial charge in [-0.2, -0.15) is 0 Å². The van der Waals surface area contributed by atoms with Crippen LogP contribution < -0.4 is 0 Å². The lowest BCUT2D eigenvalue weighted by atomic mass is 9.95. The van der Waals surface area contributed by atoms with E-state index in [9.17, 15) is 14.7 Å². The van der Waals surface area contributed by atoms with Crippen LogP contribution >= 0.6 is 0 Å². The Morgan fingerprint density at radius 1 is 1.40 bits per heavy atom. The average Bonchev–Trinajstić information content (AvgIpc) is 2.76. The summed E-state index contributed by atoms with van der Waals surface area (Å²) in [6, 6.07) is 0. The molecule has 0 radical (unpaired) electrons. The van der Waals surface area contributed by atoms with Crippen LogP contribution in [-0.2, 0) is 19.1 Å². The van der Waals surface area contributed by atoms with Crippen molar-refractivity contribution in [3.05, 3.63) is 35.1 Å². The zero-order chi connectivity index (χ0) is 18.8. The van der Waals surface area contributed by atoms with E-state index < -0.39 is 11.7 Å². The minimum Gasteiger partial charge on any atom is -0.484 e. The van der Waals surface area contributed by atoms with Gasteiger partial charge in [0.1, 0.15) is 11.9 Å². The predicted octanol–water partition coefficient (Wildman–Crippen LogP) is 3.23. The molecule has 5 heteroatoms. The van der Waals surface area contributed by atoms with Crippen molar-refractivity contribution in [1.82, 2.24) is 0 Å². The van der Waals surface area contributed by atoms with Gasteiger partial charge in [0.2, 0.25) is 5.78 Å². The van der Waals surface area contributed by atoms with Gasteiger partial charge in [0.05, 0.1) is 6.10 Å². The Bertz CT molecular complexity index is 638. The van der Waals surface area contributed by atoms with Crippen molar-refractivity contribution in [2.75, 3.05) is 0 Å². The Morgan fingerprint density at radius 2 is 2.08 bits per heavy atom. The van der Waals surface area contributed by atoms with E-state index in [-0.39, 0.29) is 23.8 Å². The predicted molar refractivity (Wildman–Crippen MR) is 94.7 cm³/mol. The highest BCUT2D eigenvalue weighted by atomic mass is 16.5. The summed E-state index contributed by atoms with van der Waals surface area (Å²) in [5.41, 5.74) is 1.24. The molecule has 5 nitrogen and oxygen atoms in total. The standard InChI is InChI=1S/C20H28O5/c1-12(8-15-9-13(2)10-19(23)24-15)6-7-16(21)14(3)17-11-18(22)20(4,5)25-17/h8,10-11,14-16,21H,6-7,9H2,1-5H3. The molecular formula is C20H28O5. The summed E-state index contributed by atoms with van der Waals surface area (Å²) >= 11 is 0. The Balaban J connectivity index is 1.87. The molecule has 0 amide bonds. The molecule has 0 saturated carbocycles. The van der Waals surface area contributed by atoms with E-state index in [1.54, 1.807) is 13.8 Å². The van der Waals surface area contributed by atoms with Gasteiger partial charge in [0.15, 0.2) is 5.60 Å². The first-order valence-electron chi connectivity index (χ1n) is 8.76. The van der Waals surface area contributed by atoms with Crippen molar-refractivity contribution in [2.24, 2.45) is 5.92 Å². The molecule has 2 aliphatic heterocycles. The van der Waals surface area contributed by atoms with Crippen LogP contribution in [0.1, 0.15) is 53.9 Å². The summed E-state index contributed by atoms with van der Waals surface area (Å²) in [7, 11) is 0. The summed E-state index contributed by atoms with van der Waals surface area (Å²) in [5, 5.41) is 10.4. The first kappa shape index (κ1) is 19.4. The summed E-state index contributed by atoms with van der Waals surface area (Å²) in [6.07, 6.45) is 6.07. The minimum atomic E-state index is -0.838. The van der Waals surface area contributed by atoms with Crippen LogP contribution in [0.15, 0.2) is 35.1 Å². The van der Waals surface area contributed by atoms with Crippen molar-refractivity contribution in [1.29, 1.82) is 0 Å². The number of ether oxygens (including phenoxy) is 2. The topological polar surface area (TPSA) is 72.8 Å². The molecule has 0 spiro atoms. The van der Waals surface area contributed by atoms with Crippen LogP contribution in [0.5, 0.6) is 0 Å². The molecule has 3 atom stereocenters. The summed E-state index contributed by atoms with van der Waals surface area (Å²) in [5.74, 6) is -0.0634. The largest absolute Gasteiger partial charge is 0.484 e. The van der Waals surface area contributed by atoms with Crippen LogP contribution in [0.25, 0.3) is 0 Å². The van der Waals surface area contributed by atoms with Crippen molar-refractivity contribution in [3.8, 4) is 0 Å². The zero-order valence-electron chi connectivity index (χ0n) is 15.7. The average molecular weight is 348 g/mol. The Labute approximate surface area is 149 Å². The molecule has 0 aromatic rings. The second-order valence-electron chi connectivity index (χ2n) is 7.60. The van der Waals surface area contributed by atoms with Gasteiger partial charge in [-0.1, -0.05) is 18.1 Å². The molecule has 0 fully saturated rings. The fraction of sp³-hybridized carbons (Fsp3) is 0.600. The Morgan fingerprint density at radius 3 is 2.64 bits per heavy atom. The highest BCUT2D eigenvalue weighted by Gasteiger charge is 2.38. The van der Waals surface area contributed by atoms with Crippen LogP contribution in [0.4, 0.5) is 0 Å². The number of hydrogen-bond acceptors (Lipinski definition) is 5. The van der Waals surface area contributed by atoms with E-state index in [2.05, 4.69) is 0 Å². The number of rotatable bonds is 6. The molecule has 0 aliphatic carbocycles. The number of carbonyl (C=O) groups excluding carboxylic acids is 2. The maximum atomic E-state index is 11.8. The third-order valence-corrected chi connectivity index (χ3v) is 4.73. The number of carbonyl (C=O) groups is 2. The van der Waals surface area contributed by atoms with Crippen molar-refractivity contribution >= 4 is 11.8 Å². The first-order chi connectivity index (χ1) is 11.6. The van der Waals surface area contributed by atoms with E-state index >= 15 is 0 Å². The molecule has 0 aromatic heterocycles. The van der Waals surface area contributed by atoms with Crippen molar-refractivity contribution < 1.29 is 24.2 Å². The molecule has 1 N–H and O–H groups in total. The number of allylic oxidation sites excluding steroid dienone is 1. The van der Waals surface area contributed by atoms with Gasteiger partial charge in [-0.3, -0.25) is 4.79 Å². The summed E-state index contributed by atoms with van der Waals surface area (Å²) in [6.45, 7) is 9.21. The minimum absolute atomic E-state index is 0.0693. The smallest absolute Gasteiger partial charge is 0.331 e. The maximum absolute atomic E-state index is 11.8. The molecule has 0 aromatic carbocycles. The highest BCUT2D eigenvalue weighted by molar-refractivity contribution is 5.98. The van der Waals surface area contributed by atoms with E-state index in [1.165, 1.54) is 12.2 Å². The monoisotopic (exact) mass is 348 g/mol. The molecule has 3 unspecified atom stereocenters. The van der Waals surface area contributed by atoms with Gasteiger partial charge in [-0.05, 0) is 46.6 Å². The van der Waals surface area contributed by atoms with Gasteiger partial charge >= 0.3 is 5.97 Å². The van der Waals surface area contributed by atoms with Gasteiger partial charge in [0.25, 0.3) is 0 Å². The van der Waals surface area contributed by atoms with Gasteiger partial charge < -0.3 is 14.6 Å². The summed E-state index contributed by atoms with van der Waals surface area (Å²) in [4.78, 5) is 23.3. The molecule has 0 saturated heterocycles. The van der Waals surface area contributed by atoms with Gasteiger partial charge in [-0.25, -0.2) is 4.79 Å². The molecule has 0 bridgehead atoms. The SMILES string of the molecule is CC(=CC1CC(C)=CC(=O)O1)CCC(O)C(C)C1=CC(=O)C(C)(C)O1. The van der Waals surface area contributed by atoms with E-state index in [0.29, 0.717) is 25.0 Å². The Kier molecular flexibility index (Phi) is 5.88. The molecule has 25 heavy (non-hydrogen) atoms. The number of esters is 1. The number of hydrogen-bond donors (Lipinski definition) is 1. The maximum Gasteiger partial charge on any atom is 0.331 e. The van der Waals surface area contributed by atoms with E-state index in [0.717, 1.165) is 11.1 Å². The third kappa shape index (κ3) is 5.05. The number of aliphatic hydroxyl groups excluding tert-OH is 1. The summed E-state index contributed by atoms with van der Waals surface area (Å²) < 4.78 is 10.9. The number of ketones is 1. The van der Waals surface area contributed by atoms with Gasteiger partial charge in [-0.15, -0.1) is 0 Å². The Hall–Kier alpha value is -1.88. The van der Waals surface area contributed by atoms with E-state index in [4.69, 9.17) is 9.47 Å². The second kappa shape index (κ2) is 7.56. The number of cyclic esters (lactones) is 1. The molecule has 2 aliphatic rings. The second-order valence-corrected chi connectivity index (χ2v) is 7.60. The quantitative estimate of drug-likeness (QED) is 0.589. The fourth-order valence-corrected chi connectivity index (χ4v) is 3.01. The molecular weight excluding hydrogens is 320 g/mol. The normalized spacial score (nSPS) is 25.7. The van der Waals surface area contributed by atoms with Crippen LogP contribution in [0, 0.1) is 5.92 Å². The van der Waals surface area contributed by atoms with Crippen molar-refractivity contribution in [3.63, 3.8) is 0 Å². The first-order valence-corrected chi connectivity index (χ1v) is 8.76. The highest BCUT2D eigenvalue weighted by Crippen LogP contribution is 2.31. The lowest BCUT2D eigenvalue weighted by Gasteiger charge is -2.24. The third-order valence-electron chi connectivity index (χ3n) is 4.73. The van der Waals surface area contributed by atoms with Crippen LogP contribution in [0.2, 0.25) is 0 Å². The zero-order valence-corrected chi connectivity index (χ0v) is 15.7. The van der Waals surface area contributed by atoms with Crippen LogP contribution in [-0.4, -0.2) is 34.7 Å². The van der Waals surface area contributed by atoms with Crippen LogP contribution in [0.3, 0.4) is 0 Å². The van der Waals surface area contributed by atoms with Crippen molar-refractivity contribution in [2.45, 2.75) is 71.7 Å². The lowest BCUT2D eigenvalue weighted by molar-refractivity contribution is -0.142. The molecule has 138 valence electrons. The lowest BCUT2D eigenvalue weighted by Crippen LogP contribution is -2.29. The number of aliphatic hydroxyl groups is 1. The van der Waals surface area contributed by atoms with E-state index in [1.807, 2.05) is 26.8 Å². The molecule has 2 heterocycles. The molecule has 2 rings (SSSR count). The fourth-order valence-electron chi connectivity index (χ4n) is 3.01. The van der Waals surface area contributed by atoms with Gasteiger partial charge in [0, 0.05) is 24.5 Å².